The summed E-state index contributed by atoms with van der Waals surface area (Å²) < 4.78 is 1.51. The fourth-order valence-electron chi connectivity index (χ4n) is 3.52. The number of carbonyl (C=O) groups is 2. The van der Waals surface area contributed by atoms with E-state index in [0.29, 0.717) is 23.4 Å². The molecule has 5 nitrogen and oxygen atoms in total. The standard InChI is InChI=1S/C21H22N2O3S/c1-5-15-19(14(4)24)13(3)22-20(15)18(25)10-23-17(11-27-21(23)26)16-9-7-6-8-12(16)2/h6-9,11,22H,5,10H2,1-4H3. The molecular formula is C21H22N2O3S. The Bertz CT molecular complexity index is 1090. The van der Waals surface area contributed by atoms with E-state index in [4.69, 9.17) is 0 Å². The quantitative estimate of drug-likeness (QED) is 0.651. The lowest BCUT2D eigenvalue weighted by Gasteiger charge is -2.10. The SMILES string of the molecule is CCc1c(C(=O)Cn2c(-c3ccccc3C)csc2=O)[nH]c(C)c1C(C)=O. The maximum Gasteiger partial charge on any atom is 0.307 e. The predicted octanol–water partition coefficient (Wildman–Crippen LogP) is 4.17. The third-order valence-corrected chi connectivity index (χ3v) is 5.54. The molecule has 0 radical (unpaired) electrons. The number of H-pyrrole nitrogens is 1. The molecule has 3 rings (SSSR count). The van der Waals surface area contributed by atoms with E-state index in [1.165, 1.54) is 11.5 Å². The first-order valence-electron chi connectivity index (χ1n) is 8.85. The zero-order valence-corrected chi connectivity index (χ0v) is 16.7. The highest BCUT2D eigenvalue weighted by Gasteiger charge is 2.23. The van der Waals surface area contributed by atoms with Gasteiger partial charge >= 0.3 is 4.87 Å². The molecule has 0 aliphatic rings. The lowest BCUT2D eigenvalue weighted by molar-refractivity contribution is 0.0966. The van der Waals surface area contributed by atoms with Crippen molar-refractivity contribution in [2.45, 2.75) is 40.7 Å². The van der Waals surface area contributed by atoms with Gasteiger partial charge in [-0.3, -0.25) is 19.0 Å². The van der Waals surface area contributed by atoms with Crippen LogP contribution in [0.25, 0.3) is 11.3 Å². The molecule has 0 unspecified atom stereocenters. The van der Waals surface area contributed by atoms with Gasteiger partial charge in [0.15, 0.2) is 11.6 Å². The van der Waals surface area contributed by atoms with Crippen LogP contribution in [0.1, 0.15) is 51.5 Å². The number of aromatic amines is 1. The summed E-state index contributed by atoms with van der Waals surface area (Å²) in [6.07, 6.45) is 0.573. The third kappa shape index (κ3) is 3.45. The maximum atomic E-state index is 13.0. The van der Waals surface area contributed by atoms with E-state index in [-0.39, 0.29) is 23.0 Å². The normalized spacial score (nSPS) is 11.0. The van der Waals surface area contributed by atoms with Gasteiger partial charge in [-0.1, -0.05) is 42.5 Å². The van der Waals surface area contributed by atoms with Crippen LogP contribution in [0.15, 0.2) is 34.4 Å². The maximum absolute atomic E-state index is 13.0. The summed E-state index contributed by atoms with van der Waals surface area (Å²) in [7, 11) is 0. The number of Topliss-reactive ketones (excluding diaryl/α,β-unsaturated/α-hetero) is 2. The molecule has 140 valence electrons. The van der Waals surface area contributed by atoms with E-state index in [9.17, 15) is 14.4 Å². The number of ketones is 2. The molecule has 0 spiro atoms. The number of nitrogens with zero attached hydrogens (tertiary/aromatic N) is 1. The molecule has 0 fully saturated rings. The van der Waals surface area contributed by atoms with Crippen LogP contribution in [0.4, 0.5) is 0 Å². The average molecular weight is 382 g/mol. The van der Waals surface area contributed by atoms with Crippen molar-refractivity contribution in [3.63, 3.8) is 0 Å². The number of nitrogens with one attached hydrogen (secondary N) is 1. The minimum atomic E-state index is -0.196. The van der Waals surface area contributed by atoms with Gasteiger partial charge in [0.05, 0.1) is 17.9 Å². The Morgan fingerprint density at radius 3 is 2.52 bits per heavy atom. The van der Waals surface area contributed by atoms with Crippen LogP contribution in [-0.4, -0.2) is 21.1 Å². The molecule has 3 aromatic rings. The van der Waals surface area contributed by atoms with Gasteiger partial charge in [-0.2, -0.15) is 0 Å². The van der Waals surface area contributed by atoms with Crippen molar-refractivity contribution in [2.24, 2.45) is 0 Å². The summed E-state index contributed by atoms with van der Waals surface area (Å²) in [6.45, 7) is 7.13. The summed E-state index contributed by atoms with van der Waals surface area (Å²) >= 11 is 1.09. The van der Waals surface area contributed by atoms with E-state index in [0.717, 1.165) is 33.7 Å². The minimum Gasteiger partial charge on any atom is -0.355 e. The van der Waals surface area contributed by atoms with E-state index in [1.807, 2.05) is 38.1 Å². The molecule has 0 saturated carbocycles. The number of aromatic nitrogens is 2. The smallest absolute Gasteiger partial charge is 0.307 e. The molecule has 0 saturated heterocycles. The van der Waals surface area contributed by atoms with Crippen molar-refractivity contribution in [3.8, 4) is 11.3 Å². The van der Waals surface area contributed by atoms with Crippen molar-refractivity contribution in [3.05, 3.63) is 67.4 Å². The molecule has 2 aromatic heterocycles. The van der Waals surface area contributed by atoms with Gasteiger partial charge < -0.3 is 4.98 Å². The summed E-state index contributed by atoms with van der Waals surface area (Å²) in [4.78, 5) is 40.2. The number of benzene rings is 1. The molecule has 27 heavy (non-hydrogen) atoms. The second kappa shape index (κ2) is 7.48. The molecule has 6 heteroatoms. The van der Waals surface area contributed by atoms with E-state index in [1.54, 1.807) is 12.3 Å². The number of hydrogen-bond donors (Lipinski definition) is 1. The number of hydrogen-bond acceptors (Lipinski definition) is 4. The zero-order valence-electron chi connectivity index (χ0n) is 15.9. The fourth-order valence-corrected chi connectivity index (χ4v) is 4.28. The highest BCUT2D eigenvalue weighted by atomic mass is 32.1. The van der Waals surface area contributed by atoms with E-state index < -0.39 is 0 Å². The van der Waals surface area contributed by atoms with Gasteiger partial charge in [-0.25, -0.2) is 0 Å². The molecule has 0 aliphatic carbocycles. The van der Waals surface area contributed by atoms with Crippen molar-refractivity contribution in [1.82, 2.24) is 9.55 Å². The number of aryl methyl sites for hydroxylation is 2. The Morgan fingerprint density at radius 2 is 1.89 bits per heavy atom. The van der Waals surface area contributed by atoms with Gasteiger partial charge in [-0.15, -0.1) is 0 Å². The van der Waals surface area contributed by atoms with Crippen molar-refractivity contribution in [1.29, 1.82) is 0 Å². The van der Waals surface area contributed by atoms with Crippen molar-refractivity contribution < 1.29 is 9.59 Å². The van der Waals surface area contributed by atoms with Crippen LogP contribution >= 0.6 is 11.3 Å². The van der Waals surface area contributed by atoms with Gasteiger partial charge in [0.2, 0.25) is 0 Å². The summed E-state index contributed by atoms with van der Waals surface area (Å²) in [5, 5.41) is 1.79. The zero-order chi connectivity index (χ0) is 19.7. The fraction of sp³-hybridized carbons (Fsp3) is 0.286. The Labute approximate surface area is 161 Å². The first kappa shape index (κ1) is 19.0. The molecule has 0 atom stereocenters. The summed E-state index contributed by atoms with van der Waals surface area (Å²) in [6, 6.07) is 7.78. The van der Waals surface area contributed by atoms with Crippen LogP contribution in [0.2, 0.25) is 0 Å². The minimum absolute atomic E-state index is 0.0592. The Balaban J connectivity index is 2.03. The van der Waals surface area contributed by atoms with Crippen molar-refractivity contribution in [2.75, 3.05) is 0 Å². The van der Waals surface area contributed by atoms with Gasteiger partial charge in [0.25, 0.3) is 0 Å². The highest BCUT2D eigenvalue weighted by molar-refractivity contribution is 7.07. The van der Waals surface area contributed by atoms with Gasteiger partial charge in [-0.05, 0) is 38.3 Å². The van der Waals surface area contributed by atoms with Gasteiger partial charge in [0, 0.05) is 22.2 Å². The molecule has 0 bridgehead atoms. The van der Waals surface area contributed by atoms with Crippen LogP contribution in [0, 0.1) is 13.8 Å². The number of rotatable bonds is 6. The average Bonchev–Trinajstić information content (AvgIpc) is 3.15. The topological polar surface area (TPSA) is 71.9 Å². The Kier molecular flexibility index (Phi) is 5.28. The molecule has 1 N–H and O–H groups in total. The van der Waals surface area contributed by atoms with Crippen LogP contribution in [-0.2, 0) is 13.0 Å². The van der Waals surface area contributed by atoms with E-state index >= 15 is 0 Å². The highest BCUT2D eigenvalue weighted by Crippen LogP contribution is 2.25. The Morgan fingerprint density at radius 1 is 1.19 bits per heavy atom. The molecule has 0 amide bonds. The van der Waals surface area contributed by atoms with Gasteiger partial charge in [0.1, 0.15) is 0 Å². The summed E-state index contributed by atoms with van der Waals surface area (Å²) in [5.41, 5.74) is 5.15. The predicted molar refractivity (Wildman–Crippen MR) is 108 cm³/mol. The van der Waals surface area contributed by atoms with E-state index in [2.05, 4.69) is 4.98 Å². The molecule has 1 aromatic carbocycles. The lowest BCUT2D eigenvalue weighted by Crippen LogP contribution is -2.21. The van der Waals surface area contributed by atoms with Crippen LogP contribution in [0.3, 0.4) is 0 Å². The summed E-state index contributed by atoms with van der Waals surface area (Å²) in [5.74, 6) is -0.259. The first-order chi connectivity index (χ1) is 12.8. The second-order valence-electron chi connectivity index (χ2n) is 6.60. The lowest BCUT2D eigenvalue weighted by atomic mass is 10.0. The van der Waals surface area contributed by atoms with Crippen LogP contribution < -0.4 is 4.87 Å². The Hall–Kier alpha value is -2.73. The van der Waals surface area contributed by atoms with Crippen molar-refractivity contribution >= 4 is 22.9 Å². The molecule has 2 heterocycles. The third-order valence-electron chi connectivity index (χ3n) is 4.78. The number of carbonyl (C=O) groups excluding carboxylic acids is 2. The monoisotopic (exact) mass is 382 g/mol. The first-order valence-corrected chi connectivity index (χ1v) is 9.73. The molecular weight excluding hydrogens is 360 g/mol. The largest absolute Gasteiger partial charge is 0.355 e. The molecule has 0 aliphatic heterocycles. The van der Waals surface area contributed by atoms with Crippen LogP contribution in [0.5, 0.6) is 0 Å². The number of thiazole rings is 1. The second-order valence-corrected chi connectivity index (χ2v) is 7.42.